The second-order valence-corrected chi connectivity index (χ2v) is 13.5. The lowest BCUT2D eigenvalue weighted by Gasteiger charge is -2.38. The number of hydrogen-bond donors (Lipinski definition) is 0. The van der Waals surface area contributed by atoms with Gasteiger partial charge in [0.15, 0.2) is 0 Å². The summed E-state index contributed by atoms with van der Waals surface area (Å²) >= 11 is 0. The molecule has 1 aromatic carbocycles. The zero-order valence-corrected chi connectivity index (χ0v) is 37.8. The van der Waals surface area contributed by atoms with Gasteiger partial charge in [-0.05, 0) is 88.8 Å². The third-order valence-electron chi connectivity index (χ3n) is 8.36. The first kappa shape index (κ1) is 55.0. The maximum absolute atomic E-state index is 13.4. The summed E-state index contributed by atoms with van der Waals surface area (Å²) < 4.78 is 15.9. The van der Waals surface area contributed by atoms with E-state index < -0.39 is 0 Å². The number of allylic oxidation sites excluding steroid dienone is 6. The largest absolute Gasteiger partial charge is 0.327 e. The van der Waals surface area contributed by atoms with E-state index in [1.165, 1.54) is 87.3 Å². The summed E-state index contributed by atoms with van der Waals surface area (Å²) in [4.78, 5) is 11.9. The van der Waals surface area contributed by atoms with E-state index in [2.05, 4.69) is 101 Å². The van der Waals surface area contributed by atoms with E-state index >= 15 is 0 Å². The van der Waals surface area contributed by atoms with Gasteiger partial charge in [0.05, 0.1) is 24.1 Å². The van der Waals surface area contributed by atoms with Crippen molar-refractivity contribution in [2.75, 3.05) is 13.1 Å². The van der Waals surface area contributed by atoms with Gasteiger partial charge in [-0.25, -0.2) is 9.37 Å². The molecule has 0 radical (unpaired) electrons. The molecule has 0 aliphatic carbocycles. The van der Waals surface area contributed by atoms with Crippen LogP contribution in [0.25, 0.3) is 17.1 Å². The third-order valence-corrected chi connectivity index (χ3v) is 8.36. The highest BCUT2D eigenvalue weighted by atomic mass is 19.1. The zero-order chi connectivity index (χ0) is 41.9. The Labute approximate surface area is 335 Å². The monoisotopic (exact) mass is 749 g/mol. The molecule has 2 aromatic rings. The van der Waals surface area contributed by atoms with Crippen molar-refractivity contribution >= 4 is 22.8 Å². The molecule has 0 saturated carbocycles. The Morgan fingerprint density at radius 2 is 1.59 bits per heavy atom. The number of unbranched alkanes of at least 4 members (excludes halogenated alkanes) is 3. The van der Waals surface area contributed by atoms with Crippen molar-refractivity contribution in [1.29, 1.82) is 0 Å². The first-order valence-corrected chi connectivity index (χ1v) is 21.3. The minimum Gasteiger partial charge on any atom is -0.327 e. The summed E-state index contributed by atoms with van der Waals surface area (Å²) in [7, 11) is 0. The fourth-order valence-corrected chi connectivity index (χ4v) is 5.29. The van der Waals surface area contributed by atoms with E-state index in [1.807, 2.05) is 71.9 Å². The lowest BCUT2D eigenvalue weighted by molar-refractivity contribution is 0.103. The molecule has 4 nitrogen and oxygen atoms in total. The van der Waals surface area contributed by atoms with Crippen LogP contribution in [0.3, 0.4) is 0 Å². The van der Waals surface area contributed by atoms with Gasteiger partial charge >= 0.3 is 0 Å². The van der Waals surface area contributed by atoms with E-state index in [0.29, 0.717) is 17.2 Å². The van der Waals surface area contributed by atoms with Crippen LogP contribution in [0.15, 0.2) is 90.3 Å². The van der Waals surface area contributed by atoms with Crippen LogP contribution in [0.1, 0.15) is 166 Å². The van der Waals surface area contributed by atoms with E-state index in [9.17, 15) is 4.39 Å². The molecular formula is C49H85FN4. The molecule has 0 bridgehead atoms. The SMILES string of the molecule is C=C(C)/C=C(/F)C(=C)CN=C(C)/C=C\C=C\C.C=Cc1ccc2nc(CN3CCC(C)CC3CC)n(CCCCC)c2c1.CC.CC.CCC.CCCC. The number of aryl methyl sites for hydroxylation is 1. The Hall–Kier alpha value is -3.31. The minimum atomic E-state index is -0.355. The molecule has 0 spiro atoms. The van der Waals surface area contributed by atoms with Gasteiger partial charge in [0.2, 0.25) is 0 Å². The molecule has 1 saturated heterocycles. The number of aromatic nitrogens is 2. The summed E-state index contributed by atoms with van der Waals surface area (Å²) in [5.41, 5.74) is 5.45. The van der Waals surface area contributed by atoms with Crippen molar-refractivity contribution < 1.29 is 4.39 Å². The summed E-state index contributed by atoms with van der Waals surface area (Å²) in [6.07, 6.45) is 22.4. The average molecular weight is 749 g/mol. The molecule has 1 aromatic heterocycles. The van der Waals surface area contributed by atoms with E-state index in [-0.39, 0.29) is 12.4 Å². The molecule has 5 heteroatoms. The lowest BCUT2D eigenvalue weighted by Crippen LogP contribution is -2.41. The predicted octanol–water partition coefficient (Wildman–Crippen LogP) is 15.7. The number of fused-ring (bicyclic) bond motifs is 1. The smallest absolute Gasteiger partial charge is 0.127 e. The quantitative estimate of drug-likeness (QED) is 0.103. The molecule has 54 heavy (non-hydrogen) atoms. The van der Waals surface area contributed by atoms with Crippen LogP contribution in [-0.2, 0) is 13.1 Å². The average Bonchev–Trinajstić information content (AvgIpc) is 3.52. The Balaban J connectivity index is -0.000000801. The number of benzene rings is 1. The molecule has 2 unspecified atom stereocenters. The van der Waals surface area contributed by atoms with Crippen molar-refractivity contribution in [2.24, 2.45) is 10.9 Å². The molecule has 1 fully saturated rings. The Kier molecular flexibility index (Phi) is 37.4. The van der Waals surface area contributed by atoms with E-state index in [0.717, 1.165) is 30.2 Å². The maximum Gasteiger partial charge on any atom is 0.127 e. The Morgan fingerprint density at radius 1 is 0.963 bits per heavy atom. The number of hydrogen-bond acceptors (Lipinski definition) is 3. The van der Waals surface area contributed by atoms with Gasteiger partial charge in [-0.1, -0.05) is 164 Å². The van der Waals surface area contributed by atoms with Gasteiger partial charge in [-0.3, -0.25) is 9.89 Å². The van der Waals surface area contributed by atoms with Gasteiger partial charge in [-0.2, -0.15) is 0 Å². The van der Waals surface area contributed by atoms with Gasteiger partial charge in [0.25, 0.3) is 0 Å². The van der Waals surface area contributed by atoms with Crippen LogP contribution in [0.2, 0.25) is 0 Å². The van der Waals surface area contributed by atoms with Crippen molar-refractivity contribution in [2.45, 2.75) is 174 Å². The number of imidazole rings is 1. The number of piperidine rings is 1. The van der Waals surface area contributed by atoms with Crippen LogP contribution < -0.4 is 0 Å². The molecular weight excluding hydrogens is 664 g/mol. The zero-order valence-electron chi connectivity index (χ0n) is 37.8. The van der Waals surface area contributed by atoms with Crippen LogP contribution in [0.5, 0.6) is 0 Å². The van der Waals surface area contributed by atoms with Crippen LogP contribution in [-0.4, -0.2) is 39.3 Å². The van der Waals surface area contributed by atoms with Crippen molar-refractivity contribution in [1.82, 2.24) is 14.5 Å². The number of aliphatic imine (C=N–C) groups is 1. The number of rotatable bonds is 15. The van der Waals surface area contributed by atoms with Gasteiger partial charge in [0, 0.05) is 23.9 Å². The van der Waals surface area contributed by atoms with Crippen LogP contribution >= 0.6 is 0 Å². The van der Waals surface area contributed by atoms with Crippen molar-refractivity contribution in [3.8, 4) is 0 Å². The maximum atomic E-state index is 13.4. The van der Waals surface area contributed by atoms with Crippen molar-refractivity contribution in [3.05, 3.63) is 96.7 Å². The summed E-state index contributed by atoms with van der Waals surface area (Å²) in [6, 6.07) is 7.23. The normalized spacial score (nSPS) is 15.7. The summed E-state index contributed by atoms with van der Waals surface area (Å²) in [5, 5.41) is 0. The molecule has 0 N–H and O–H groups in total. The van der Waals surface area contributed by atoms with Gasteiger partial charge in [0.1, 0.15) is 11.7 Å². The third kappa shape index (κ3) is 24.9. The molecule has 2 heterocycles. The van der Waals surface area contributed by atoms with E-state index in [4.69, 9.17) is 4.98 Å². The number of likely N-dealkylation sites (tertiary alicyclic amines) is 1. The summed E-state index contributed by atoms with van der Waals surface area (Å²) in [6.45, 7) is 43.9. The fourth-order valence-electron chi connectivity index (χ4n) is 5.29. The molecule has 1 aliphatic rings. The number of nitrogens with zero attached hydrogens (tertiary/aromatic N) is 4. The molecule has 2 atom stereocenters. The first-order valence-electron chi connectivity index (χ1n) is 21.3. The highest BCUT2D eigenvalue weighted by Crippen LogP contribution is 2.27. The first-order chi connectivity index (χ1) is 26.0. The summed E-state index contributed by atoms with van der Waals surface area (Å²) in [5.74, 6) is 1.74. The van der Waals surface area contributed by atoms with Crippen molar-refractivity contribution in [3.63, 3.8) is 0 Å². The Morgan fingerprint density at radius 3 is 2.11 bits per heavy atom. The number of halogens is 1. The standard InChI is InChI=1S/C23H35N3.C15H20FN.C4H10.C3H8.2C2H6/c1-5-8-9-13-26-22-16-19(6-2)10-11-21(22)24-23(26)17-25-14-12-18(4)15-20(25)7-3;1-6-7-8-9-14(5)17-11-13(4)15(16)10-12(2)3;1-3-4-2;1-3-2;2*1-2/h6,10-11,16,18,20H,2,5,7-9,12-15,17H2,1,3-4H3;6-10H,2,4,11H2,1,3,5H3;3-4H2,1-2H3;3H2,1-2H3;2*1-2H3/b;7-6+,9-8-,15-10+,17-14?;;;;. The Bertz CT molecular complexity index is 1370. The second kappa shape index (κ2) is 36.7. The van der Waals surface area contributed by atoms with Gasteiger partial charge < -0.3 is 4.57 Å². The molecule has 308 valence electrons. The van der Waals surface area contributed by atoms with E-state index in [1.54, 1.807) is 6.92 Å². The van der Waals surface area contributed by atoms with Gasteiger partial charge in [-0.15, -0.1) is 0 Å². The van der Waals surface area contributed by atoms with Crippen LogP contribution in [0.4, 0.5) is 4.39 Å². The highest BCUT2D eigenvalue weighted by molar-refractivity contribution is 5.93. The van der Waals surface area contributed by atoms with Crippen LogP contribution in [0, 0.1) is 5.92 Å². The predicted molar refractivity (Wildman–Crippen MR) is 247 cm³/mol. The second-order valence-electron chi connectivity index (χ2n) is 13.5. The fraction of sp³-hybridized carbons (Fsp3) is 0.592. The minimum absolute atomic E-state index is 0.266. The molecule has 0 amide bonds. The molecule has 1 aliphatic heterocycles. The highest BCUT2D eigenvalue weighted by Gasteiger charge is 2.26. The molecule has 3 rings (SSSR count). The topological polar surface area (TPSA) is 33.4 Å². The lowest BCUT2D eigenvalue weighted by atomic mass is 9.91.